The Balaban J connectivity index is 0.000000540. The second-order valence-electron chi connectivity index (χ2n) is 6.95. The topological polar surface area (TPSA) is 202 Å². The molecule has 2 aliphatic rings. The van der Waals surface area contributed by atoms with Crippen LogP contribution in [0.3, 0.4) is 0 Å². The summed E-state index contributed by atoms with van der Waals surface area (Å²) in [7, 11) is 0. The first kappa shape index (κ1) is 27.5. The molecule has 35 heavy (non-hydrogen) atoms. The monoisotopic (exact) mass is 520 g/mol. The van der Waals surface area contributed by atoms with Crippen molar-refractivity contribution in [2.45, 2.75) is 23.6 Å². The van der Waals surface area contributed by atoms with Gasteiger partial charge in [0.15, 0.2) is 0 Å². The van der Waals surface area contributed by atoms with Gasteiger partial charge in [0.2, 0.25) is 5.91 Å². The number of primary amides is 1. The maximum Gasteiger partial charge on any atom is 0.490 e. The van der Waals surface area contributed by atoms with Crippen LogP contribution < -0.4 is 16.8 Å². The van der Waals surface area contributed by atoms with Crippen molar-refractivity contribution in [1.82, 2.24) is 10.2 Å². The molecule has 7 N–H and O–H groups in total. The van der Waals surface area contributed by atoms with Crippen LogP contribution in [0, 0.1) is 0 Å². The summed E-state index contributed by atoms with van der Waals surface area (Å²) in [6.07, 6.45) is -6.13. The summed E-state index contributed by atoms with van der Waals surface area (Å²) in [5.74, 6) is -4.98. The number of nitrogens with one attached hydrogen (secondary N) is 1. The van der Waals surface area contributed by atoms with E-state index in [1.165, 1.54) is 11.8 Å². The molecule has 1 saturated heterocycles. The molecule has 1 aromatic rings. The summed E-state index contributed by atoms with van der Waals surface area (Å²) >= 11 is 1.25. The number of carbonyl (C=O) groups excluding carboxylic acids is 3. The first-order valence-corrected chi connectivity index (χ1v) is 10.5. The lowest BCUT2D eigenvalue weighted by Gasteiger charge is -2.49. The van der Waals surface area contributed by atoms with Crippen LogP contribution in [-0.2, 0) is 23.9 Å². The molecule has 2 heterocycles. The average molecular weight is 520 g/mol. The van der Waals surface area contributed by atoms with Gasteiger partial charge in [-0.1, -0.05) is 30.3 Å². The number of hydrogen-bond donors (Lipinski definition) is 5. The van der Waals surface area contributed by atoms with E-state index in [4.69, 9.17) is 21.4 Å². The molecular weight excluding hydrogens is 501 g/mol. The molecule has 0 spiro atoms. The van der Waals surface area contributed by atoms with Gasteiger partial charge in [-0.15, -0.1) is 11.8 Å². The number of aliphatic carboxylic acids is 2. The van der Waals surface area contributed by atoms with Gasteiger partial charge in [-0.25, -0.2) is 14.4 Å². The van der Waals surface area contributed by atoms with Gasteiger partial charge in [0.05, 0.1) is 0 Å². The Morgan fingerprint density at radius 2 is 1.77 bits per heavy atom. The number of rotatable bonds is 6. The van der Waals surface area contributed by atoms with E-state index in [0.717, 1.165) is 4.90 Å². The SMILES string of the molecule is NC(=O)OCC1=C(C(=O)O)N2C(=O)[C@@H](NC(=O)C(N)c3ccccc3)[C@H]2SC1.O=C(O)C(F)(F)F. The van der Waals surface area contributed by atoms with Crippen LogP contribution in [0.5, 0.6) is 0 Å². The highest BCUT2D eigenvalue weighted by molar-refractivity contribution is 8.00. The molecule has 12 nitrogen and oxygen atoms in total. The zero-order valence-electron chi connectivity index (χ0n) is 17.5. The Kier molecular flexibility index (Phi) is 8.70. The maximum atomic E-state index is 12.5. The number of fused-ring (bicyclic) bond motifs is 1. The number of carboxylic acids is 2. The van der Waals surface area contributed by atoms with Crippen LogP contribution in [0.2, 0.25) is 0 Å². The summed E-state index contributed by atoms with van der Waals surface area (Å²) < 4.78 is 36.4. The van der Waals surface area contributed by atoms with Gasteiger partial charge in [-0.05, 0) is 5.56 Å². The zero-order chi connectivity index (χ0) is 26.5. The van der Waals surface area contributed by atoms with Gasteiger partial charge in [0.1, 0.15) is 29.8 Å². The first-order valence-electron chi connectivity index (χ1n) is 9.49. The van der Waals surface area contributed by atoms with Gasteiger partial charge < -0.3 is 31.7 Å². The Hall–Kier alpha value is -3.79. The highest BCUT2D eigenvalue weighted by Crippen LogP contribution is 2.40. The number of halogens is 3. The normalized spacial score (nSPS) is 19.9. The predicted octanol–water partition coefficient (Wildman–Crippen LogP) is 0.154. The number of nitrogens with zero attached hydrogens (tertiary/aromatic N) is 1. The summed E-state index contributed by atoms with van der Waals surface area (Å²) in [4.78, 5) is 57.3. The molecule has 0 radical (unpaired) electrons. The molecule has 0 saturated carbocycles. The Morgan fingerprint density at radius 3 is 2.26 bits per heavy atom. The third-order valence-corrected chi connectivity index (χ3v) is 5.96. The number of alkyl halides is 3. The molecule has 2 aliphatic heterocycles. The van der Waals surface area contributed by atoms with E-state index in [2.05, 4.69) is 10.1 Å². The number of carboxylic acid groups (broad SMARTS) is 2. The molecule has 16 heteroatoms. The van der Waals surface area contributed by atoms with E-state index >= 15 is 0 Å². The smallest absolute Gasteiger partial charge is 0.477 e. The van der Waals surface area contributed by atoms with Crippen molar-refractivity contribution in [3.8, 4) is 0 Å². The highest BCUT2D eigenvalue weighted by atomic mass is 32.2. The van der Waals surface area contributed by atoms with E-state index < -0.39 is 53.5 Å². The second kappa shape index (κ2) is 11.1. The summed E-state index contributed by atoms with van der Waals surface area (Å²) in [5, 5.41) is 18.6. The molecule has 0 aliphatic carbocycles. The Morgan fingerprint density at radius 1 is 1.20 bits per heavy atom. The Labute approximate surface area is 199 Å². The van der Waals surface area contributed by atoms with Crippen molar-refractivity contribution in [3.05, 3.63) is 47.2 Å². The van der Waals surface area contributed by atoms with Gasteiger partial charge >= 0.3 is 24.2 Å². The molecule has 3 rings (SSSR count). The van der Waals surface area contributed by atoms with E-state index in [1.807, 2.05) is 0 Å². The minimum Gasteiger partial charge on any atom is -0.477 e. The molecule has 1 fully saturated rings. The summed E-state index contributed by atoms with van der Waals surface area (Å²) in [6, 6.07) is 6.84. The number of hydrogen-bond acceptors (Lipinski definition) is 8. The van der Waals surface area contributed by atoms with Crippen molar-refractivity contribution in [2.75, 3.05) is 12.4 Å². The van der Waals surface area contributed by atoms with Crippen molar-refractivity contribution >= 4 is 41.6 Å². The number of nitrogens with two attached hydrogens (primary N) is 2. The summed E-state index contributed by atoms with van der Waals surface area (Å²) in [5.41, 5.74) is 11.4. The predicted molar refractivity (Wildman–Crippen MR) is 112 cm³/mol. The largest absolute Gasteiger partial charge is 0.490 e. The van der Waals surface area contributed by atoms with E-state index in [0.29, 0.717) is 5.56 Å². The molecule has 0 aromatic heterocycles. The molecule has 3 amide bonds. The summed E-state index contributed by atoms with van der Waals surface area (Å²) in [6.45, 7) is -0.323. The standard InChI is InChI=1S/C17H18N4O6S.C2HF3O2/c18-10(8-4-2-1-3-5-8)13(22)20-11-14(23)21-12(16(24)25)9(6-27-17(19)26)7-28-15(11)21;3-2(4,5)1(6)7/h1-5,10-11,15H,6-7,18H2,(H2,19,26)(H,20,22)(H,24,25);(H,6,7)/t10?,11-,15-;/m1./s1. The van der Waals surface area contributed by atoms with Crippen LogP contribution in [0.4, 0.5) is 18.0 Å². The maximum absolute atomic E-state index is 12.5. The first-order chi connectivity index (χ1) is 16.3. The minimum absolute atomic E-state index is 0.209. The molecule has 3 atom stereocenters. The van der Waals surface area contributed by atoms with Crippen LogP contribution in [0.25, 0.3) is 0 Å². The van der Waals surface area contributed by atoms with Gasteiger partial charge in [0.25, 0.3) is 5.91 Å². The highest BCUT2D eigenvalue weighted by Gasteiger charge is 2.54. The van der Waals surface area contributed by atoms with Gasteiger partial charge in [0, 0.05) is 11.3 Å². The number of amides is 3. The molecule has 0 bridgehead atoms. The second-order valence-corrected chi connectivity index (χ2v) is 8.06. The Bertz CT molecular complexity index is 1050. The zero-order valence-corrected chi connectivity index (χ0v) is 18.3. The lowest BCUT2D eigenvalue weighted by atomic mass is 10.0. The average Bonchev–Trinajstić information content (AvgIpc) is 2.79. The molecule has 190 valence electrons. The number of ether oxygens (including phenoxy) is 1. The number of β-lactam (4-membered cyclic amide) rings is 1. The molecule has 1 unspecified atom stereocenters. The number of thioether (sulfide) groups is 1. The van der Waals surface area contributed by atoms with E-state index in [-0.39, 0.29) is 23.6 Å². The van der Waals surface area contributed by atoms with Crippen molar-refractivity contribution in [2.24, 2.45) is 11.5 Å². The van der Waals surface area contributed by atoms with Crippen LogP contribution in [-0.4, -0.2) is 74.9 Å². The van der Waals surface area contributed by atoms with Gasteiger partial charge in [-0.2, -0.15) is 13.2 Å². The fraction of sp³-hybridized carbons (Fsp3) is 0.316. The molecule has 1 aromatic carbocycles. The molecular formula is C19H19F3N4O8S. The lowest BCUT2D eigenvalue weighted by molar-refractivity contribution is -0.192. The quantitative estimate of drug-likeness (QED) is 0.321. The van der Waals surface area contributed by atoms with Gasteiger partial charge in [-0.3, -0.25) is 14.5 Å². The third-order valence-electron chi connectivity index (χ3n) is 4.62. The lowest BCUT2D eigenvalue weighted by Crippen LogP contribution is -2.71. The van der Waals surface area contributed by atoms with Crippen molar-refractivity contribution < 1.29 is 52.1 Å². The van der Waals surface area contributed by atoms with E-state index in [1.54, 1.807) is 30.3 Å². The number of carbonyl (C=O) groups is 5. The fourth-order valence-corrected chi connectivity index (χ4v) is 4.33. The number of benzene rings is 1. The third kappa shape index (κ3) is 6.63. The van der Waals surface area contributed by atoms with Crippen molar-refractivity contribution in [1.29, 1.82) is 0 Å². The fourth-order valence-electron chi connectivity index (χ4n) is 3.01. The van der Waals surface area contributed by atoms with Crippen LogP contribution in [0.1, 0.15) is 11.6 Å². The van der Waals surface area contributed by atoms with Crippen LogP contribution in [0.15, 0.2) is 41.6 Å². The van der Waals surface area contributed by atoms with E-state index in [9.17, 15) is 37.5 Å². The van der Waals surface area contributed by atoms with Crippen molar-refractivity contribution in [3.63, 3.8) is 0 Å². The minimum atomic E-state index is -5.08. The van der Waals surface area contributed by atoms with Crippen LogP contribution >= 0.6 is 11.8 Å².